The second-order valence-corrected chi connectivity index (χ2v) is 6.20. The summed E-state index contributed by atoms with van der Waals surface area (Å²) in [7, 11) is 0. The lowest BCUT2D eigenvalue weighted by Crippen LogP contribution is -2.10. The number of aryl methyl sites for hydroxylation is 3. The van der Waals surface area contributed by atoms with Gasteiger partial charge < -0.3 is 10.2 Å². The zero-order valence-corrected chi connectivity index (χ0v) is 13.6. The monoisotopic (exact) mass is 321 g/mol. The highest BCUT2D eigenvalue weighted by Gasteiger charge is 2.24. The quantitative estimate of drug-likeness (QED) is 0.747. The minimum Gasteiger partial charge on any atom is -0.450 e. The topological polar surface area (TPSA) is 82.0 Å². The highest BCUT2D eigenvalue weighted by molar-refractivity contribution is 6.14. The Bertz CT molecular complexity index is 943. The van der Waals surface area contributed by atoms with Gasteiger partial charge in [-0.25, -0.2) is 4.98 Å². The number of nitrogen functional groups attached to an aromatic ring is 1. The first kappa shape index (κ1) is 14.9. The molecule has 5 heteroatoms. The number of anilines is 1. The molecular formula is C19H19N3O2. The third-order valence-electron chi connectivity index (χ3n) is 4.72. The summed E-state index contributed by atoms with van der Waals surface area (Å²) in [6.07, 6.45) is 8.24. The third kappa shape index (κ3) is 2.28. The highest BCUT2D eigenvalue weighted by Crippen LogP contribution is 2.34. The summed E-state index contributed by atoms with van der Waals surface area (Å²) in [5.41, 5.74) is 10.9. The molecule has 5 nitrogen and oxygen atoms in total. The first-order valence-electron chi connectivity index (χ1n) is 8.37. The molecule has 0 fully saturated rings. The van der Waals surface area contributed by atoms with Crippen molar-refractivity contribution >= 4 is 22.4 Å². The smallest absolute Gasteiger partial charge is 0.250 e. The summed E-state index contributed by atoms with van der Waals surface area (Å²) >= 11 is 0. The molecule has 2 N–H and O–H groups in total. The van der Waals surface area contributed by atoms with Crippen LogP contribution in [0, 0.1) is 0 Å². The molecule has 2 heterocycles. The molecule has 0 aliphatic heterocycles. The number of hydrogen-bond acceptors (Lipinski definition) is 5. The van der Waals surface area contributed by atoms with E-state index in [-0.39, 0.29) is 11.5 Å². The van der Waals surface area contributed by atoms with E-state index in [2.05, 4.69) is 16.0 Å². The van der Waals surface area contributed by atoms with E-state index < -0.39 is 0 Å². The van der Waals surface area contributed by atoms with Crippen molar-refractivity contribution in [3.8, 4) is 0 Å². The molecular weight excluding hydrogens is 302 g/mol. The fourth-order valence-corrected chi connectivity index (χ4v) is 3.44. The Labute approximate surface area is 139 Å². The minimum absolute atomic E-state index is 0.169. The van der Waals surface area contributed by atoms with Gasteiger partial charge >= 0.3 is 0 Å². The molecule has 4 rings (SSSR count). The van der Waals surface area contributed by atoms with Crippen molar-refractivity contribution in [1.82, 2.24) is 9.97 Å². The lowest BCUT2D eigenvalue weighted by atomic mass is 9.90. The van der Waals surface area contributed by atoms with E-state index >= 15 is 0 Å². The van der Waals surface area contributed by atoms with Crippen LogP contribution in [0.1, 0.15) is 52.8 Å². The van der Waals surface area contributed by atoms with Crippen LogP contribution in [0.3, 0.4) is 0 Å². The molecule has 2 aromatic heterocycles. The van der Waals surface area contributed by atoms with Crippen LogP contribution in [-0.2, 0) is 19.3 Å². The molecule has 0 amide bonds. The Kier molecular flexibility index (Phi) is 3.56. The molecule has 3 aromatic rings. The zero-order chi connectivity index (χ0) is 16.7. The van der Waals surface area contributed by atoms with Crippen LogP contribution in [-0.4, -0.2) is 15.8 Å². The molecule has 0 saturated heterocycles. The zero-order valence-electron chi connectivity index (χ0n) is 13.6. The maximum absolute atomic E-state index is 12.9. The molecule has 1 aromatic carbocycles. The van der Waals surface area contributed by atoms with E-state index in [4.69, 9.17) is 10.2 Å². The van der Waals surface area contributed by atoms with E-state index in [1.165, 1.54) is 30.2 Å². The van der Waals surface area contributed by atoms with Crippen molar-refractivity contribution in [3.05, 3.63) is 52.8 Å². The molecule has 0 atom stereocenters. The number of aromatic nitrogens is 2. The first-order valence-corrected chi connectivity index (χ1v) is 8.37. The summed E-state index contributed by atoms with van der Waals surface area (Å²) in [4.78, 5) is 21.3. The maximum atomic E-state index is 12.9. The van der Waals surface area contributed by atoms with Gasteiger partial charge in [0.1, 0.15) is 11.3 Å². The van der Waals surface area contributed by atoms with Crippen LogP contribution in [0.4, 0.5) is 5.69 Å². The molecule has 0 unspecified atom stereocenters. The number of furan rings is 1. The molecule has 0 radical (unpaired) electrons. The van der Waals surface area contributed by atoms with Crippen molar-refractivity contribution in [2.45, 2.75) is 39.0 Å². The van der Waals surface area contributed by atoms with Crippen LogP contribution in [0.2, 0.25) is 0 Å². The van der Waals surface area contributed by atoms with E-state index in [0.29, 0.717) is 29.1 Å². The van der Waals surface area contributed by atoms with Crippen molar-refractivity contribution in [2.75, 3.05) is 5.73 Å². The number of nitrogens with two attached hydrogens (primary N) is 1. The number of carbonyl (C=O) groups excluding carboxylic acids is 1. The lowest BCUT2D eigenvalue weighted by Gasteiger charge is -2.14. The standard InChI is InChI=1S/C19H19N3O2/c1-2-14-17(22-8-7-21-14)18(23)19-16(20)13-9-11-5-3-4-6-12(11)10-15(13)24-19/h7-10H,2-6,20H2,1H3. The predicted octanol–water partition coefficient (Wildman–Crippen LogP) is 3.48. The van der Waals surface area contributed by atoms with Crippen LogP contribution in [0.15, 0.2) is 28.9 Å². The van der Waals surface area contributed by atoms with Gasteiger partial charge in [0.2, 0.25) is 5.76 Å². The molecule has 0 bridgehead atoms. The Balaban J connectivity index is 1.85. The average molecular weight is 321 g/mol. The van der Waals surface area contributed by atoms with Crippen LogP contribution in [0.25, 0.3) is 11.0 Å². The fraction of sp³-hybridized carbons (Fsp3) is 0.316. The Morgan fingerprint density at radius 3 is 2.62 bits per heavy atom. The maximum Gasteiger partial charge on any atom is 0.250 e. The van der Waals surface area contributed by atoms with Gasteiger partial charge in [0, 0.05) is 17.8 Å². The van der Waals surface area contributed by atoms with E-state index in [1.807, 2.05) is 13.0 Å². The van der Waals surface area contributed by atoms with Gasteiger partial charge in [-0.3, -0.25) is 9.78 Å². The van der Waals surface area contributed by atoms with Crippen molar-refractivity contribution in [1.29, 1.82) is 0 Å². The highest BCUT2D eigenvalue weighted by atomic mass is 16.3. The van der Waals surface area contributed by atoms with E-state index in [0.717, 1.165) is 18.2 Å². The van der Waals surface area contributed by atoms with Crippen LogP contribution < -0.4 is 5.73 Å². The van der Waals surface area contributed by atoms with Gasteiger partial charge in [0.05, 0.1) is 11.4 Å². The van der Waals surface area contributed by atoms with E-state index in [9.17, 15) is 4.79 Å². The van der Waals surface area contributed by atoms with Crippen molar-refractivity contribution in [3.63, 3.8) is 0 Å². The van der Waals surface area contributed by atoms with Gasteiger partial charge in [0.15, 0.2) is 0 Å². The average Bonchev–Trinajstić information content (AvgIpc) is 2.95. The SMILES string of the molecule is CCc1nccnc1C(=O)c1oc2cc3c(cc2c1N)CCCC3. The number of fused-ring (bicyclic) bond motifs is 2. The number of benzene rings is 1. The predicted molar refractivity (Wildman–Crippen MR) is 92.1 cm³/mol. The third-order valence-corrected chi connectivity index (χ3v) is 4.72. The summed E-state index contributed by atoms with van der Waals surface area (Å²) in [6, 6.07) is 4.12. The minimum atomic E-state index is -0.299. The number of hydrogen-bond donors (Lipinski definition) is 1. The molecule has 122 valence electrons. The van der Waals surface area contributed by atoms with Crippen molar-refractivity contribution < 1.29 is 9.21 Å². The molecule has 0 saturated carbocycles. The number of carbonyl (C=O) groups is 1. The molecule has 1 aliphatic rings. The van der Waals surface area contributed by atoms with Gasteiger partial charge in [-0.2, -0.15) is 0 Å². The van der Waals surface area contributed by atoms with Gasteiger partial charge in [-0.05, 0) is 55.4 Å². The van der Waals surface area contributed by atoms with E-state index in [1.54, 1.807) is 6.20 Å². The van der Waals surface area contributed by atoms with Crippen LogP contribution >= 0.6 is 0 Å². The first-order chi connectivity index (χ1) is 11.7. The largest absolute Gasteiger partial charge is 0.450 e. The number of rotatable bonds is 3. The summed E-state index contributed by atoms with van der Waals surface area (Å²) < 4.78 is 5.84. The summed E-state index contributed by atoms with van der Waals surface area (Å²) in [6.45, 7) is 1.94. The number of nitrogens with zero attached hydrogens (tertiary/aromatic N) is 2. The Morgan fingerprint density at radius 1 is 1.17 bits per heavy atom. The molecule has 24 heavy (non-hydrogen) atoms. The van der Waals surface area contributed by atoms with Gasteiger partial charge in [-0.1, -0.05) is 6.92 Å². The van der Waals surface area contributed by atoms with Crippen molar-refractivity contribution in [2.24, 2.45) is 0 Å². The summed E-state index contributed by atoms with van der Waals surface area (Å²) in [5, 5.41) is 0.820. The number of ketones is 1. The Morgan fingerprint density at radius 2 is 1.88 bits per heavy atom. The Hall–Kier alpha value is -2.69. The van der Waals surface area contributed by atoms with Gasteiger partial charge in [0.25, 0.3) is 5.78 Å². The fourth-order valence-electron chi connectivity index (χ4n) is 3.44. The molecule has 1 aliphatic carbocycles. The second-order valence-electron chi connectivity index (χ2n) is 6.20. The van der Waals surface area contributed by atoms with Crippen LogP contribution in [0.5, 0.6) is 0 Å². The normalized spacial score (nSPS) is 13.9. The van der Waals surface area contributed by atoms with Gasteiger partial charge in [-0.15, -0.1) is 0 Å². The second kappa shape index (κ2) is 5.74. The lowest BCUT2D eigenvalue weighted by molar-refractivity contribution is 0.101. The molecule has 0 spiro atoms. The summed E-state index contributed by atoms with van der Waals surface area (Å²) in [5.74, 6) is -0.130.